The zero-order chi connectivity index (χ0) is 45.9. The Morgan fingerprint density at radius 3 is 1.51 bits per heavy atom. The first-order chi connectivity index (χ1) is 34.7. The first-order valence-electron chi connectivity index (χ1n) is 24.2. The Labute approximate surface area is 405 Å². The monoisotopic (exact) mass is 890 g/mol. The normalized spacial score (nSPS) is 13.2. The van der Waals surface area contributed by atoms with Crippen molar-refractivity contribution in [2.45, 2.75) is 5.41 Å². The third kappa shape index (κ3) is 5.46. The molecule has 1 spiro atoms. The summed E-state index contributed by atoms with van der Waals surface area (Å²) >= 11 is 0. The van der Waals surface area contributed by atoms with E-state index in [0.717, 1.165) is 55.8 Å². The van der Waals surface area contributed by atoms with E-state index in [1.54, 1.807) is 0 Å². The minimum atomic E-state index is -0.542. The van der Waals surface area contributed by atoms with Gasteiger partial charge in [0.2, 0.25) is 0 Å². The van der Waals surface area contributed by atoms with Gasteiger partial charge in [0.15, 0.2) is 0 Å². The molecule has 0 bridgehead atoms. The van der Waals surface area contributed by atoms with Crippen LogP contribution in [0.3, 0.4) is 0 Å². The average Bonchev–Trinajstić information content (AvgIpc) is 3.95. The van der Waals surface area contributed by atoms with E-state index < -0.39 is 5.41 Å². The molecule has 0 unspecified atom stereocenters. The number of hydrogen-bond acceptors (Lipinski definition) is 3. The first kappa shape index (κ1) is 38.9. The molecule has 326 valence electrons. The molecular weight excluding hydrogens is 849 g/mol. The predicted octanol–water partition coefficient (Wildman–Crippen LogP) is 18.3. The maximum Gasteiger partial charge on any atom is 0.135 e. The minimum absolute atomic E-state index is 0.542. The zero-order valence-electron chi connectivity index (χ0n) is 38.1. The Balaban J connectivity index is 0.947. The van der Waals surface area contributed by atoms with Gasteiger partial charge in [-0.15, -0.1) is 0 Å². The van der Waals surface area contributed by atoms with Crippen molar-refractivity contribution in [3.05, 3.63) is 277 Å². The number of benzene rings is 12. The van der Waals surface area contributed by atoms with Gasteiger partial charge in [0.05, 0.1) is 16.8 Å². The molecule has 0 N–H and O–H groups in total. The largest absolute Gasteiger partial charge is 0.456 e. The third-order valence-corrected chi connectivity index (χ3v) is 15.2. The predicted molar refractivity (Wildman–Crippen MR) is 292 cm³/mol. The van der Waals surface area contributed by atoms with Gasteiger partial charge in [0.25, 0.3) is 0 Å². The van der Waals surface area contributed by atoms with Gasteiger partial charge in [-0.1, -0.05) is 176 Å². The highest BCUT2D eigenvalue weighted by Gasteiger charge is 2.51. The molecule has 0 amide bonds. The van der Waals surface area contributed by atoms with Crippen LogP contribution >= 0.6 is 0 Å². The molecule has 0 saturated heterocycles. The summed E-state index contributed by atoms with van der Waals surface area (Å²) in [5, 5.41) is 9.79. The standard InChI is InChI=1S/C67H42N2O/c1-2-16-45(17-3-1)69-63-27-13-11-25-61(63)67(62-26-12-14-28-64(62)69)59-24-10-8-22-54(59)57-42-48(36-38-60(57)67)68(47-35-37-53-51-20-5-4-18-49(51)50-19-6-7-21-52(50)56(53)41-47)46-33-30-43(31-34-46)44-32-39-66-58(40-44)55-23-9-15-29-65(55)70-66/h1-42H. The molecule has 0 fully saturated rings. The van der Waals surface area contributed by atoms with Crippen molar-refractivity contribution >= 4 is 88.4 Å². The van der Waals surface area contributed by atoms with E-state index in [0.29, 0.717) is 0 Å². The number of hydrogen-bond donors (Lipinski definition) is 0. The summed E-state index contributed by atoms with van der Waals surface area (Å²) in [6.45, 7) is 0. The molecular formula is C67H42N2O. The molecule has 2 aliphatic rings. The molecule has 1 aromatic heterocycles. The summed E-state index contributed by atoms with van der Waals surface area (Å²) in [4.78, 5) is 4.89. The van der Waals surface area contributed by atoms with Gasteiger partial charge < -0.3 is 14.2 Å². The lowest BCUT2D eigenvalue weighted by atomic mass is 9.64. The maximum atomic E-state index is 6.21. The summed E-state index contributed by atoms with van der Waals surface area (Å²) in [5.74, 6) is 0. The summed E-state index contributed by atoms with van der Waals surface area (Å²) < 4.78 is 6.21. The molecule has 12 aromatic carbocycles. The van der Waals surface area contributed by atoms with Gasteiger partial charge in [-0.25, -0.2) is 0 Å². The first-order valence-corrected chi connectivity index (χ1v) is 24.2. The van der Waals surface area contributed by atoms with Crippen LogP contribution in [0.1, 0.15) is 22.3 Å². The number of rotatable bonds is 5. The molecule has 15 rings (SSSR count). The van der Waals surface area contributed by atoms with Crippen LogP contribution in [0.25, 0.3) is 76.5 Å². The van der Waals surface area contributed by atoms with Crippen molar-refractivity contribution in [2.75, 3.05) is 9.80 Å². The smallest absolute Gasteiger partial charge is 0.135 e. The summed E-state index contributed by atoms with van der Waals surface area (Å²) in [6.07, 6.45) is 0. The lowest BCUT2D eigenvalue weighted by Gasteiger charge is -2.45. The highest BCUT2D eigenvalue weighted by Crippen LogP contribution is 2.64. The van der Waals surface area contributed by atoms with Crippen LogP contribution in [-0.4, -0.2) is 0 Å². The number of para-hydroxylation sites is 4. The van der Waals surface area contributed by atoms with Crippen molar-refractivity contribution in [1.82, 2.24) is 0 Å². The topological polar surface area (TPSA) is 19.6 Å². The summed E-state index contributed by atoms with van der Waals surface area (Å²) in [7, 11) is 0. The van der Waals surface area contributed by atoms with Gasteiger partial charge in [0.1, 0.15) is 11.2 Å². The number of nitrogens with zero attached hydrogens (tertiary/aromatic N) is 2. The van der Waals surface area contributed by atoms with Crippen LogP contribution in [0, 0.1) is 0 Å². The number of anilines is 6. The molecule has 0 atom stereocenters. The van der Waals surface area contributed by atoms with Gasteiger partial charge in [-0.05, 0) is 156 Å². The van der Waals surface area contributed by atoms with Gasteiger partial charge in [-0.2, -0.15) is 0 Å². The lowest BCUT2D eigenvalue weighted by Crippen LogP contribution is -2.36. The van der Waals surface area contributed by atoms with Crippen LogP contribution in [0.15, 0.2) is 259 Å². The SMILES string of the molecule is c1ccc(N2c3ccccc3C3(c4ccccc4-c4cc(N(c5ccc(-c6ccc7oc8ccccc8c7c6)cc5)c5ccc6c7ccccc7c7ccccc7c6c5)ccc43)c3ccccc32)cc1. The third-order valence-electron chi connectivity index (χ3n) is 15.2. The summed E-state index contributed by atoms with van der Waals surface area (Å²) in [6, 6.07) is 93.8. The van der Waals surface area contributed by atoms with Gasteiger partial charge in [0, 0.05) is 33.5 Å². The van der Waals surface area contributed by atoms with Crippen molar-refractivity contribution in [3.8, 4) is 22.3 Å². The second-order valence-corrected chi connectivity index (χ2v) is 18.7. The van der Waals surface area contributed by atoms with E-state index >= 15 is 0 Å². The molecule has 3 heteroatoms. The van der Waals surface area contributed by atoms with Gasteiger partial charge in [-0.3, -0.25) is 0 Å². The number of furan rings is 1. The Bertz CT molecular complexity index is 4180. The van der Waals surface area contributed by atoms with Crippen LogP contribution in [0.5, 0.6) is 0 Å². The van der Waals surface area contributed by atoms with E-state index in [4.69, 9.17) is 4.42 Å². The molecule has 1 aliphatic heterocycles. The van der Waals surface area contributed by atoms with E-state index in [-0.39, 0.29) is 0 Å². The fourth-order valence-electron chi connectivity index (χ4n) is 12.3. The van der Waals surface area contributed by atoms with E-state index in [2.05, 4.69) is 252 Å². The van der Waals surface area contributed by atoms with Crippen molar-refractivity contribution in [3.63, 3.8) is 0 Å². The highest BCUT2D eigenvalue weighted by molar-refractivity contribution is 6.26. The summed E-state index contributed by atoms with van der Waals surface area (Å²) in [5.41, 5.74) is 18.0. The highest BCUT2D eigenvalue weighted by atomic mass is 16.3. The Morgan fingerprint density at radius 1 is 0.300 bits per heavy atom. The van der Waals surface area contributed by atoms with Crippen LogP contribution < -0.4 is 9.80 Å². The van der Waals surface area contributed by atoms with Crippen molar-refractivity contribution < 1.29 is 4.42 Å². The molecule has 3 nitrogen and oxygen atoms in total. The Hall–Kier alpha value is -9.18. The second kappa shape index (κ2) is 14.9. The lowest BCUT2D eigenvalue weighted by molar-refractivity contribution is 0.669. The van der Waals surface area contributed by atoms with Crippen molar-refractivity contribution in [1.29, 1.82) is 0 Å². The van der Waals surface area contributed by atoms with Crippen LogP contribution in [-0.2, 0) is 5.41 Å². The quantitative estimate of drug-likeness (QED) is 0.161. The average molecular weight is 891 g/mol. The molecule has 70 heavy (non-hydrogen) atoms. The van der Waals surface area contributed by atoms with Crippen molar-refractivity contribution in [2.24, 2.45) is 0 Å². The Kier molecular flexibility index (Phi) is 8.28. The fourth-order valence-corrected chi connectivity index (χ4v) is 12.3. The van der Waals surface area contributed by atoms with E-state index in [9.17, 15) is 0 Å². The van der Waals surface area contributed by atoms with Crippen LogP contribution in [0.4, 0.5) is 34.1 Å². The second-order valence-electron chi connectivity index (χ2n) is 18.7. The fraction of sp³-hybridized carbons (Fsp3) is 0.0149. The van der Waals surface area contributed by atoms with E-state index in [1.807, 2.05) is 12.1 Å². The van der Waals surface area contributed by atoms with Gasteiger partial charge >= 0.3 is 0 Å². The zero-order valence-corrected chi connectivity index (χ0v) is 38.1. The Morgan fingerprint density at radius 2 is 0.800 bits per heavy atom. The molecule has 13 aromatic rings. The molecule has 0 saturated carbocycles. The maximum absolute atomic E-state index is 6.21. The van der Waals surface area contributed by atoms with Crippen LogP contribution in [0.2, 0.25) is 0 Å². The molecule has 2 heterocycles. The molecule has 1 aliphatic carbocycles. The minimum Gasteiger partial charge on any atom is -0.456 e. The van der Waals surface area contributed by atoms with E-state index in [1.165, 1.54) is 77.1 Å². The number of fused-ring (bicyclic) bond motifs is 18. The molecule has 0 radical (unpaired) electrons.